The lowest BCUT2D eigenvalue weighted by atomic mass is 9.80. The Kier molecular flexibility index (Phi) is 3.07. The molecule has 0 aromatic carbocycles. The van der Waals surface area contributed by atoms with E-state index in [9.17, 15) is 9.59 Å². The third kappa shape index (κ3) is 2.49. The zero-order valence-electron chi connectivity index (χ0n) is 9.78. The van der Waals surface area contributed by atoms with Crippen LogP contribution in [0.25, 0.3) is 0 Å². The maximum absolute atomic E-state index is 11.6. The first-order chi connectivity index (χ1) is 6.73. The molecule has 0 aliphatic carbocycles. The predicted octanol–water partition coefficient (Wildman–Crippen LogP) is 1.35. The molecule has 2 unspecified atom stereocenters. The van der Waals surface area contributed by atoms with Crippen LogP contribution >= 0.6 is 0 Å². The van der Waals surface area contributed by atoms with Gasteiger partial charge in [0.1, 0.15) is 6.04 Å². The summed E-state index contributed by atoms with van der Waals surface area (Å²) in [6.07, 6.45) is 0.473. The highest BCUT2D eigenvalue weighted by Crippen LogP contribution is 2.34. The summed E-state index contributed by atoms with van der Waals surface area (Å²) in [5, 5.41) is 8.86. The summed E-state index contributed by atoms with van der Waals surface area (Å²) in [6, 6.07) is -0.704. The van der Waals surface area contributed by atoms with E-state index in [-0.39, 0.29) is 17.2 Å². The molecule has 1 aliphatic rings. The molecule has 86 valence electrons. The van der Waals surface area contributed by atoms with Gasteiger partial charge in [0.15, 0.2) is 0 Å². The van der Waals surface area contributed by atoms with Gasteiger partial charge in [-0.1, -0.05) is 20.8 Å². The number of hydrogen-bond acceptors (Lipinski definition) is 2. The molecule has 0 bridgehead atoms. The first-order valence-electron chi connectivity index (χ1n) is 5.25. The number of nitrogens with zero attached hydrogens (tertiary/aromatic N) is 1. The number of carboxylic acid groups (broad SMARTS) is 1. The van der Waals surface area contributed by atoms with E-state index in [1.807, 2.05) is 0 Å². The molecule has 1 aliphatic heterocycles. The van der Waals surface area contributed by atoms with Crippen LogP contribution < -0.4 is 0 Å². The van der Waals surface area contributed by atoms with E-state index in [4.69, 9.17) is 5.11 Å². The van der Waals surface area contributed by atoms with Gasteiger partial charge >= 0.3 is 5.97 Å². The molecule has 1 amide bonds. The van der Waals surface area contributed by atoms with Crippen molar-refractivity contribution in [3.05, 3.63) is 0 Å². The number of carbonyl (C=O) groups is 2. The van der Waals surface area contributed by atoms with Crippen molar-refractivity contribution in [1.82, 2.24) is 4.90 Å². The molecule has 4 heteroatoms. The van der Waals surface area contributed by atoms with Gasteiger partial charge in [-0.05, 0) is 18.3 Å². The minimum Gasteiger partial charge on any atom is -0.480 e. The third-order valence-corrected chi connectivity index (χ3v) is 3.21. The van der Waals surface area contributed by atoms with Crippen LogP contribution in [0.5, 0.6) is 0 Å². The number of likely N-dealkylation sites (tertiary alicyclic amines) is 1. The summed E-state index contributed by atoms with van der Waals surface area (Å²) in [6.45, 7) is 8.38. The topological polar surface area (TPSA) is 57.6 Å². The zero-order valence-corrected chi connectivity index (χ0v) is 9.78. The first-order valence-corrected chi connectivity index (χ1v) is 5.25. The molecular formula is C11H19NO3. The minimum absolute atomic E-state index is 0.0372. The number of carbonyl (C=O) groups excluding carboxylic acids is 1. The van der Waals surface area contributed by atoms with Crippen molar-refractivity contribution in [1.29, 1.82) is 0 Å². The van der Waals surface area contributed by atoms with Gasteiger partial charge in [-0.2, -0.15) is 0 Å². The van der Waals surface area contributed by atoms with Crippen molar-refractivity contribution in [3.8, 4) is 0 Å². The van der Waals surface area contributed by atoms with E-state index >= 15 is 0 Å². The highest BCUT2D eigenvalue weighted by atomic mass is 16.4. The van der Waals surface area contributed by atoms with Crippen LogP contribution in [0.15, 0.2) is 0 Å². The minimum atomic E-state index is -0.932. The quantitative estimate of drug-likeness (QED) is 0.753. The highest BCUT2D eigenvalue weighted by molar-refractivity contribution is 5.85. The molecule has 0 radical (unpaired) electrons. The number of amides is 1. The van der Waals surface area contributed by atoms with Crippen LogP contribution in [0.2, 0.25) is 0 Å². The van der Waals surface area contributed by atoms with Crippen molar-refractivity contribution in [2.75, 3.05) is 6.54 Å². The maximum atomic E-state index is 11.6. The average Bonchev–Trinajstić information content (AvgIpc) is 2.45. The van der Waals surface area contributed by atoms with E-state index < -0.39 is 12.0 Å². The van der Waals surface area contributed by atoms with Crippen LogP contribution in [0.3, 0.4) is 0 Å². The fourth-order valence-corrected chi connectivity index (χ4v) is 1.82. The second-order valence-electron chi connectivity index (χ2n) is 5.33. The first kappa shape index (κ1) is 12.0. The largest absolute Gasteiger partial charge is 0.480 e. The van der Waals surface area contributed by atoms with Gasteiger partial charge in [0.25, 0.3) is 0 Å². The van der Waals surface area contributed by atoms with Gasteiger partial charge in [0, 0.05) is 13.0 Å². The molecule has 15 heavy (non-hydrogen) atoms. The van der Waals surface area contributed by atoms with Gasteiger partial charge in [-0.25, -0.2) is 4.79 Å². The van der Waals surface area contributed by atoms with Crippen LogP contribution in [0, 0.1) is 11.3 Å². The number of hydrogen-bond donors (Lipinski definition) is 1. The van der Waals surface area contributed by atoms with Crippen LogP contribution in [0.4, 0.5) is 0 Å². The molecule has 1 N–H and O–H groups in total. The van der Waals surface area contributed by atoms with Gasteiger partial charge < -0.3 is 10.0 Å². The molecule has 2 atom stereocenters. The van der Waals surface area contributed by atoms with Crippen molar-refractivity contribution >= 4 is 11.9 Å². The standard InChI is InChI=1S/C11H19NO3/c1-7(10(14)15)12-6-8(5-9(12)13)11(2,3)4/h7-8H,5-6H2,1-4H3,(H,14,15). The summed E-state index contributed by atoms with van der Waals surface area (Å²) in [5.74, 6) is -0.713. The molecule has 0 spiro atoms. The second kappa shape index (κ2) is 3.83. The summed E-state index contributed by atoms with van der Waals surface area (Å²) in [7, 11) is 0. The molecule has 0 aromatic rings. The maximum Gasteiger partial charge on any atom is 0.326 e. The number of rotatable bonds is 2. The Balaban J connectivity index is 2.73. The van der Waals surface area contributed by atoms with Gasteiger partial charge in [-0.3, -0.25) is 4.79 Å². The Morgan fingerprint density at radius 1 is 1.53 bits per heavy atom. The fraction of sp³-hybridized carbons (Fsp3) is 0.818. The smallest absolute Gasteiger partial charge is 0.326 e. The fourth-order valence-electron chi connectivity index (χ4n) is 1.82. The van der Waals surface area contributed by atoms with E-state index in [1.165, 1.54) is 4.90 Å². The SMILES string of the molecule is CC(C(=O)O)N1CC(C(C)(C)C)CC1=O. The number of aliphatic carboxylic acids is 1. The lowest BCUT2D eigenvalue weighted by Gasteiger charge is -2.27. The molecule has 1 saturated heterocycles. The van der Waals surface area contributed by atoms with Crippen molar-refractivity contribution in [2.45, 2.75) is 40.2 Å². The summed E-state index contributed by atoms with van der Waals surface area (Å²) >= 11 is 0. The van der Waals surface area contributed by atoms with Crippen molar-refractivity contribution in [3.63, 3.8) is 0 Å². The molecular weight excluding hydrogens is 194 g/mol. The molecule has 4 nitrogen and oxygen atoms in total. The molecule has 1 heterocycles. The number of carboxylic acids is 1. The van der Waals surface area contributed by atoms with E-state index in [0.29, 0.717) is 13.0 Å². The third-order valence-electron chi connectivity index (χ3n) is 3.21. The van der Waals surface area contributed by atoms with E-state index in [0.717, 1.165) is 0 Å². The molecule has 1 rings (SSSR count). The highest BCUT2D eigenvalue weighted by Gasteiger charge is 2.40. The Hall–Kier alpha value is -1.06. The monoisotopic (exact) mass is 213 g/mol. The predicted molar refractivity (Wildman–Crippen MR) is 56.4 cm³/mol. The Labute approximate surface area is 90.3 Å². The van der Waals surface area contributed by atoms with Crippen LogP contribution in [-0.4, -0.2) is 34.5 Å². The zero-order chi connectivity index (χ0) is 11.8. The lowest BCUT2D eigenvalue weighted by molar-refractivity contribution is -0.147. The van der Waals surface area contributed by atoms with Crippen molar-refractivity contribution < 1.29 is 14.7 Å². The second-order valence-corrected chi connectivity index (χ2v) is 5.33. The van der Waals surface area contributed by atoms with Crippen LogP contribution in [-0.2, 0) is 9.59 Å². The molecule has 0 aromatic heterocycles. The average molecular weight is 213 g/mol. The summed E-state index contributed by atoms with van der Waals surface area (Å²) in [5.41, 5.74) is 0.0582. The molecule has 1 fully saturated rings. The Morgan fingerprint density at radius 3 is 2.40 bits per heavy atom. The van der Waals surface area contributed by atoms with E-state index in [1.54, 1.807) is 6.92 Å². The summed E-state index contributed by atoms with van der Waals surface area (Å²) in [4.78, 5) is 23.9. The lowest BCUT2D eigenvalue weighted by Crippen LogP contribution is -2.40. The van der Waals surface area contributed by atoms with Crippen molar-refractivity contribution in [2.24, 2.45) is 11.3 Å². The Morgan fingerprint density at radius 2 is 2.07 bits per heavy atom. The van der Waals surface area contributed by atoms with Gasteiger partial charge in [0.05, 0.1) is 0 Å². The van der Waals surface area contributed by atoms with E-state index in [2.05, 4.69) is 20.8 Å². The molecule has 0 saturated carbocycles. The van der Waals surface area contributed by atoms with Gasteiger partial charge in [-0.15, -0.1) is 0 Å². The summed E-state index contributed by atoms with van der Waals surface area (Å²) < 4.78 is 0. The normalized spacial score (nSPS) is 24.4. The van der Waals surface area contributed by atoms with Crippen LogP contribution in [0.1, 0.15) is 34.1 Å². The van der Waals surface area contributed by atoms with Gasteiger partial charge in [0.2, 0.25) is 5.91 Å². The Bertz CT molecular complexity index is 280.